The first-order valence-corrected chi connectivity index (χ1v) is 8.87. The zero-order chi connectivity index (χ0) is 22.4. The maximum Gasteiger partial charge on any atom is 0.509 e. The van der Waals surface area contributed by atoms with E-state index in [2.05, 4.69) is 19.7 Å². The van der Waals surface area contributed by atoms with E-state index in [-0.39, 0.29) is 39.1 Å². The maximum absolute atomic E-state index is 11.9. The normalized spacial score (nSPS) is 22.4. The van der Waals surface area contributed by atoms with Gasteiger partial charge in [0.1, 0.15) is 38.1 Å². The van der Waals surface area contributed by atoms with Crippen LogP contribution in [0.5, 0.6) is 0 Å². The first kappa shape index (κ1) is 24.5. The van der Waals surface area contributed by atoms with Crippen LogP contribution in [0.4, 0.5) is 14.4 Å². The Bertz CT molecular complexity index is 630. The Morgan fingerprint density at radius 3 is 1.70 bits per heavy atom. The Morgan fingerprint density at radius 1 is 0.733 bits per heavy atom. The van der Waals surface area contributed by atoms with Crippen LogP contribution < -0.4 is 0 Å². The molecule has 1 aliphatic carbocycles. The van der Waals surface area contributed by atoms with E-state index in [4.69, 9.17) is 33.2 Å². The monoisotopic (exact) mass is 428 g/mol. The molecule has 1 rings (SSSR count). The summed E-state index contributed by atoms with van der Waals surface area (Å²) in [4.78, 5) is 46.4. The van der Waals surface area contributed by atoms with Gasteiger partial charge in [-0.3, -0.25) is 4.79 Å². The van der Waals surface area contributed by atoms with Crippen molar-refractivity contribution in [3.63, 3.8) is 0 Å². The van der Waals surface area contributed by atoms with E-state index >= 15 is 0 Å². The predicted octanol–water partition coefficient (Wildman–Crippen LogP) is 2.45. The van der Waals surface area contributed by atoms with E-state index in [1.807, 2.05) is 0 Å². The van der Waals surface area contributed by atoms with Crippen molar-refractivity contribution in [2.45, 2.75) is 37.3 Å². The lowest BCUT2D eigenvalue weighted by Gasteiger charge is -2.38. The molecule has 0 bridgehead atoms. The number of carbonyl (C=O) groups is 4. The molecule has 1 aliphatic rings. The zero-order valence-corrected chi connectivity index (χ0v) is 16.3. The molecule has 0 N–H and O–H groups in total. The summed E-state index contributed by atoms with van der Waals surface area (Å²) >= 11 is 0. The van der Waals surface area contributed by atoms with Crippen LogP contribution in [0.3, 0.4) is 0 Å². The fraction of sp³-hybridized carbons (Fsp3) is 0.474. The summed E-state index contributed by atoms with van der Waals surface area (Å²) in [7, 11) is 0. The summed E-state index contributed by atoms with van der Waals surface area (Å²) in [5.41, 5.74) is 0. The Hall–Kier alpha value is -3.50. The fourth-order valence-corrected chi connectivity index (χ4v) is 2.54. The van der Waals surface area contributed by atoms with Gasteiger partial charge in [0.2, 0.25) is 0 Å². The van der Waals surface area contributed by atoms with Crippen LogP contribution in [0.25, 0.3) is 0 Å². The number of carbonyl (C=O) groups excluding carboxylic acids is 4. The predicted molar refractivity (Wildman–Crippen MR) is 99.4 cm³/mol. The molecule has 166 valence electrons. The highest BCUT2D eigenvalue weighted by Gasteiger charge is 2.46. The molecule has 4 atom stereocenters. The van der Waals surface area contributed by atoms with Gasteiger partial charge in [0.05, 0.1) is 0 Å². The Labute approximate surface area is 173 Å². The number of hydrogen-bond donors (Lipinski definition) is 0. The van der Waals surface area contributed by atoms with Crippen molar-refractivity contribution in [2.75, 3.05) is 19.8 Å². The second-order valence-corrected chi connectivity index (χ2v) is 5.77. The Balaban J connectivity index is 2.96. The smallest absolute Gasteiger partial charge is 0.460 e. The van der Waals surface area contributed by atoms with E-state index in [1.165, 1.54) is 18.2 Å². The minimum Gasteiger partial charge on any atom is -0.460 e. The molecule has 0 aromatic rings. The van der Waals surface area contributed by atoms with Gasteiger partial charge in [0, 0.05) is 12.8 Å². The largest absolute Gasteiger partial charge is 0.509 e. The Morgan fingerprint density at radius 2 is 1.20 bits per heavy atom. The molecule has 0 aromatic carbocycles. The summed E-state index contributed by atoms with van der Waals surface area (Å²) in [6.45, 7) is 10.0. The van der Waals surface area contributed by atoms with E-state index in [0.717, 1.165) is 0 Å². The van der Waals surface area contributed by atoms with Crippen molar-refractivity contribution in [3.8, 4) is 0 Å². The first-order chi connectivity index (χ1) is 14.4. The lowest BCUT2D eigenvalue weighted by molar-refractivity contribution is -0.166. The molecule has 0 radical (unpaired) electrons. The van der Waals surface area contributed by atoms with Crippen LogP contribution in [-0.2, 0) is 38.0 Å². The summed E-state index contributed by atoms with van der Waals surface area (Å²) in [5.74, 6) is 0. The van der Waals surface area contributed by atoms with Crippen molar-refractivity contribution in [1.29, 1.82) is 0 Å². The quantitative estimate of drug-likeness (QED) is 0.208. The molecular formula is C19H24O11. The van der Waals surface area contributed by atoms with Crippen molar-refractivity contribution in [1.82, 2.24) is 0 Å². The third-order valence-electron chi connectivity index (χ3n) is 3.65. The molecule has 0 unspecified atom stereocenters. The summed E-state index contributed by atoms with van der Waals surface area (Å²) < 4.78 is 34.7. The van der Waals surface area contributed by atoms with Crippen molar-refractivity contribution < 1.29 is 52.3 Å². The van der Waals surface area contributed by atoms with Gasteiger partial charge in [-0.25, -0.2) is 14.4 Å². The van der Waals surface area contributed by atoms with Crippen LogP contribution in [-0.4, -0.2) is 69.2 Å². The second kappa shape index (κ2) is 13.6. The van der Waals surface area contributed by atoms with Gasteiger partial charge in [0.25, 0.3) is 6.47 Å². The van der Waals surface area contributed by atoms with E-state index in [0.29, 0.717) is 0 Å². The summed E-state index contributed by atoms with van der Waals surface area (Å²) in [6.07, 6.45) is -3.76. The SMILES string of the molecule is C=CCOC(=O)O[C@@H]1C[C@@H](OC=O)[C@H](OC(=O)OCC=C)[C@H](OC(=O)OCC=C)C1. The van der Waals surface area contributed by atoms with Crippen molar-refractivity contribution in [2.24, 2.45) is 0 Å². The molecular weight excluding hydrogens is 404 g/mol. The molecule has 11 heteroatoms. The molecule has 0 aromatic heterocycles. The first-order valence-electron chi connectivity index (χ1n) is 8.87. The minimum absolute atomic E-state index is 0.0527. The van der Waals surface area contributed by atoms with Crippen LogP contribution >= 0.6 is 0 Å². The maximum atomic E-state index is 11.9. The number of ether oxygens (including phenoxy) is 7. The van der Waals surface area contributed by atoms with Crippen LogP contribution in [0, 0.1) is 0 Å². The highest BCUT2D eigenvalue weighted by Crippen LogP contribution is 2.30. The standard InChI is InChI=1S/C19H24O11/c1-4-7-24-17(21)28-13-10-14(27-12-20)16(30-19(23)26-9-6-3)15(11-13)29-18(22)25-8-5-2/h4-6,12-16H,1-3,7-11H2/t13-,14-,15-,16+/m1/s1. The minimum atomic E-state index is -1.24. The number of rotatable bonds is 11. The van der Waals surface area contributed by atoms with Gasteiger partial charge in [-0.15, -0.1) is 0 Å². The van der Waals surface area contributed by atoms with Crippen molar-refractivity contribution in [3.05, 3.63) is 38.0 Å². The molecule has 0 spiro atoms. The van der Waals surface area contributed by atoms with Gasteiger partial charge >= 0.3 is 18.5 Å². The van der Waals surface area contributed by atoms with Gasteiger partial charge in [-0.1, -0.05) is 38.0 Å². The van der Waals surface area contributed by atoms with Gasteiger partial charge in [-0.2, -0.15) is 0 Å². The van der Waals surface area contributed by atoms with Crippen LogP contribution in [0.1, 0.15) is 12.8 Å². The molecule has 1 fully saturated rings. The molecule has 30 heavy (non-hydrogen) atoms. The van der Waals surface area contributed by atoms with Crippen molar-refractivity contribution >= 4 is 24.9 Å². The third kappa shape index (κ3) is 8.67. The van der Waals surface area contributed by atoms with Gasteiger partial charge in [0.15, 0.2) is 6.10 Å². The molecule has 0 saturated heterocycles. The van der Waals surface area contributed by atoms with Crippen LogP contribution in [0.15, 0.2) is 38.0 Å². The van der Waals surface area contributed by atoms with Gasteiger partial charge < -0.3 is 33.2 Å². The molecule has 11 nitrogen and oxygen atoms in total. The Kier molecular flexibility index (Phi) is 11.2. The fourth-order valence-electron chi connectivity index (χ4n) is 2.54. The van der Waals surface area contributed by atoms with E-state index in [1.54, 1.807) is 0 Å². The average Bonchev–Trinajstić information content (AvgIpc) is 2.71. The molecule has 0 aliphatic heterocycles. The summed E-state index contributed by atoms with van der Waals surface area (Å²) in [5, 5.41) is 0. The highest BCUT2D eigenvalue weighted by atomic mass is 16.8. The van der Waals surface area contributed by atoms with Crippen LogP contribution in [0.2, 0.25) is 0 Å². The van der Waals surface area contributed by atoms with E-state index in [9.17, 15) is 19.2 Å². The molecule has 0 amide bonds. The average molecular weight is 428 g/mol. The topological polar surface area (TPSA) is 133 Å². The zero-order valence-electron chi connectivity index (χ0n) is 16.3. The molecule has 1 saturated carbocycles. The van der Waals surface area contributed by atoms with Gasteiger partial charge in [-0.05, 0) is 0 Å². The summed E-state index contributed by atoms with van der Waals surface area (Å²) in [6, 6.07) is 0. The van der Waals surface area contributed by atoms with E-state index < -0.39 is 42.9 Å². The third-order valence-corrected chi connectivity index (χ3v) is 3.65. The lowest BCUT2D eigenvalue weighted by atomic mass is 9.89. The number of hydrogen-bond acceptors (Lipinski definition) is 11. The molecule has 0 heterocycles. The second-order valence-electron chi connectivity index (χ2n) is 5.77. The lowest BCUT2D eigenvalue weighted by Crippen LogP contribution is -2.52. The highest BCUT2D eigenvalue weighted by molar-refractivity contribution is 5.62.